The first-order valence-corrected chi connectivity index (χ1v) is 6.60. The molecule has 0 aliphatic heterocycles. The smallest absolute Gasteiger partial charge is 0.274 e. The third kappa shape index (κ3) is 5.22. The molecule has 0 amide bonds. The molecule has 0 atom stereocenters. The fourth-order valence-electron chi connectivity index (χ4n) is 2.06. The molecule has 1 rings (SSSR count). The summed E-state index contributed by atoms with van der Waals surface area (Å²) >= 11 is 0. The number of rotatable bonds is 8. The van der Waals surface area contributed by atoms with Gasteiger partial charge in [0.1, 0.15) is 5.82 Å². The van der Waals surface area contributed by atoms with E-state index in [0.29, 0.717) is 12.1 Å². The van der Waals surface area contributed by atoms with Gasteiger partial charge in [-0.25, -0.2) is 4.39 Å². The Bertz CT molecular complexity index is 464. The molecule has 112 valence electrons. The maximum Gasteiger partial charge on any atom is 0.274 e. The first-order valence-electron chi connectivity index (χ1n) is 6.60. The van der Waals surface area contributed by atoms with Crippen LogP contribution in [0.15, 0.2) is 18.2 Å². The second-order valence-electron chi connectivity index (χ2n) is 5.63. The van der Waals surface area contributed by atoms with Crippen LogP contribution in [0.25, 0.3) is 0 Å². The van der Waals surface area contributed by atoms with Crippen molar-refractivity contribution in [2.75, 3.05) is 13.2 Å². The molecule has 6 heteroatoms. The maximum absolute atomic E-state index is 13.2. The number of benzene rings is 1. The van der Waals surface area contributed by atoms with Gasteiger partial charge >= 0.3 is 0 Å². The first kappa shape index (κ1) is 16.5. The average Bonchev–Trinajstić information content (AvgIpc) is 2.36. The molecule has 5 nitrogen and oxygen atoms in total. The number of aliphatic hydroxyl groups is 1. The number of hydrogen-bond acceptors (Lipinski definition) is 4. The Hall–Kier alpha value is -1.53. The molecule has 0 aliphatic rings. The highest BCUT2D eigenvalue weighted by atomic mass is 19.1. The van der Waals surface area contributed by atoms with Crippen molar-refractivity contribution in [2.24, 2.45) is 5.41 Å². The fraction of sp³-hybridized carbons (Fsp3) is 0.571. The third-order valence-electron chi connectivity index (χ3n) is 3.17. The monoisotopic (exact) mass is 284 g/mol. The minimum Gasteiger partial charge on any atom is -0.396 e. The Labute approximate surface area is 118 Å². The van der Waals surface area contributed by atoms with Crippen LogP contribution in [0.4, 0.5) is 10.1 Å². The molecule has 2 N–H and O–H groups in total. The summed E-state index contributed by atoms with van der Waals surface area (Å²) in [6.07, 6.45) is 1.57. The molecule has 0 fully saturated rings. The van der Waals surface area contributed by atoms with E-state index in [1.807, 2.05) is 0 Å². The molecule has 0 spiro atoms. The Balaban J connectivity index is 2.61. The lowest BCUT2D eigenvalue weighted by Gasteiger charge is -2.24. The van der Waals surface area contributed by atoms with Crippen LogP contribution in [0.2, 0.25) is 0 Å². The number of nitro benzene ring substituents is 1. The molecule has 1 aromatic carbocycles. The quantitative estimate of drug-likeness (QED) is 0.568. The van der Waals surface area contributed by atoms with E-state index in [-0.39, 0.29) is 24.3 Å². The first-order chi connectivity index (χ1) is 9.35. The van der Waals surface area contributed by atoms with Gasteiger partial charge in [0.05, 0.1) is 4.92 Å². The SMILES string of the molecule is CC(C)(CCCO)CNCc1cc(F)ccc1[N+](=O)[O-]. The summed E-state index contributed by atoms with van der Waals surface area (Å²) in [6, 6.07) is 3.46. The maximum atomic E-state index is 13.2. The highest BCUT2D eigenvalue weighted by Crippen LogP contribution is 2.22. The van der Waals surface area contributed by atoms with Gasteiger partial charge in [-0.15, -0.1) is 0 Å². The van der Waals surface area contributed by atoms with Crippen molar-refractivity contribution < 1.29 is 14.4 Å². The Morgan fingerprint density at radius 2 is 2.15 bits per heavy atom. The molecule has 0 heterocycles. The molecule has 1 aromatic rings. The third-order valence-corrected chi connectivity index (χ3v) is 3.17. The van der Waals surface area contributed by atoms with Crippen molar-refractivity contribution >= 4 is 5.69 Å². The lowest BCUT2D eigenvalue weighted by Crippen LogP contribution is -2.29. The van der Waals surface area contributed by atoms with Crippen molar-refractivity contribution in [1.29, 1.82) is 0 Å². The zero-order chi connectivity index (χ0) is 15.2. The molecular weight excluding hydrogens is 263 g/mol. The summed E-state index contributed by atoms with van der Waals surface area (Å²) in [6.45, 7) is 5.14. The van der Waals surface area contributed by atoms with Gasteiger partial charge in [-0.05, 0) is 30.4 Å². The summed E-state index contributed by atoms with van der Waals surface area (Å²) < 4.78 is 13.2. The van der Waals surface area contributed by atoms with Crippen molar-refractivity contribution in [3.05, 3.63) is 39.7 Å². The van der Waals surface area contributed by atoms with E-state index in [1.54, 1.807) is 0 Å². The number of hydrogen-bond donors (Lipinski definition) is 2. The highest BCUT2D eigenvalue weighted by Gasteiger charge is 2.18. The summed E-state index contributed by atoms with van der Waals surface area (Å²) in [5.74, 6) is -0.480. The van der Waals surface area contributed by atoms with E-state index >= 15 is 0 Å². The minimum absolute atomic E-state index is 0.0230. The van der Waals surface area contributed by atoms with E-state index in [2.05, 4.69) is 19.2 Å². The van der Waals surface area contributed by atoms with E-state index in [4.69, 9.17) is 5.11 Å². The zero-order valence-electron chi connectivity index (χ0n) is 11.9. The van der Waals surface area contributed by atoms with Gasteiger partial charge in [-0.3, -0.25) is 10.1 Å². The van der Waals surface area contributed by atoms with Gasteiger partial charge in [-0.2, -0.15) is 0 Å². The van der Waals surface area contributed by atoms with E-state index in [1.165, 1.54) is 12.1 Å². The average molecular weight is 284 g/mol. The van der Waals surface area contributed by atoms with Crippen molar-refractivity contribution in [3.8, 4) is 0 Å². The van der Waals surface area contributed by atoms with Gasteiger partial charge in [0.25, 0.3) is 5.69 Å². The number of nitro groups is 1. The number of halogens is 1. The Kier molecular flexibility index (Phi) is 6.04. The normalized spacial score (nSPS) is 11.6. The molecule has 0 aromatic heterocycles. The summed E-state index contributed by atoms with van der Waals surface area (Å²) in [4.78, 5) is 10.4. The van der Waals surface area contributed by atoms with Crippen molar-refractivity contribution in [2.45, 2.75) is 33.2 Å². The molecule has 0 aliphatic carbocycles. The minimum atomic E-state index is -0.507. The second kappa shape index (κ2) is 7.31. The van der Waals surface area contributed by atoms with E-state index in [9.17, 15) is 14.5 Å². The summed E-state index contributed by atoms with van der Waals surface area (Å²) in [5.41, 5.74) is 0.241. The topological polar surface area (TPSA) is 75.4 Å². The molecule has 20 heavy (non-hydrogen) atoms. The standard InChI is InChI=1S/C14H21FN2O3/c1-14(2,6-3-7-18)10-16-9-11-8-12(15)4-5-13(11)17(19)20/h4-5,8,16,18H,3,6-7,9-10H2,1-2H3. The van der Waals surface area contributed by atoms with Gasteiger partial charge < -0.3 is 10.4 Å². The predicted octanol–water partition coefficient (Wildman–Crippen LogP) is 2.62. The van der Waals surface area contributed by atoms with Crippen molar-refractivity contribution in [3.63, 3.8) is 0 Å². The molecule has 0 unspecified atom stereocenters. The number of nitrogens with zero attached hydrogens (tertiary/aromatic N) is 1. The van der Waals surface area contributed by atoms with E-state index < -0.39 is 10.7 Å². The second-order valence-corrected chi connectivity index (χ2v) is 5.63. The van der Waals surface area contributed by atoms with Gasteiger partial charge in [0.2, 0.25) is 0 Å². The fourth-order valence-corrected chi connectivity index (χ4v) is 2.06. The predicted molar refractivity (Wildman–Crippen MR) is 74.9 cm³/mol. The van der Waals surface area contributed by atoms with Gasteiger partial charge in [-0.1, -0.05) is 13.8 Å². The highest BCUT2D eigenvalue weighted by molar-refractivity contribution is 5.40. The van der Waals surface area contributed by atoms with Crippen LogP contribution in [0.1, 0.15) is 32.3 Å². The Morgan fingerprint density at radius 3 is 2.75 bits per heavy atom. The number of nitrogens with one attached hydrogen (secondary N) is 1. The summed E-state index contributed by atoms with van der Waals surface area (Å²) in [7, 11) is 0. The van der Waals surface area contributed by atoms with Crippen LogP contribution in [-0.4, -0.2) is 23.2 Å². The summed E-state index contributed by atoms with van der Waals surface area (Å²) in [5, 5.41) is 22.8. The molecule has 0 saturated heterocycles. The van der Waals surface area contributed by atoms with Gasteiger partial charge in [0, 0.05) is 31.3 Å². The lowest BCUT2D eigenvalue weighted by molar-refractivity contribution is -0.385. The molecule has 0 bridgehead atoms. The zero-order valence-corrected chi connectivity index (χ0v) is 11.9. The molecule has 0 radical (unpaired) electrons. The van der Waals surface area contributed by atoms with Crippen molar-refractivity contribution in [1.82, 2.24) is 5.32 Å². The van der Waals surface area contributed by atoms with E-state index in [0.717, 1.165) is 18.9 Å². The lowest BCUT2D eigenvalue weighted by atomic mass is 9.88. The largest absolute Gasteiger partial charge is 0.396 e. The molecular formula is C14H21FN2O3. The van der Waals surface area contributed by atoms with Gasteiger partial charge in [0.15, 0.2) is 0 Å². The van der Waals surface area contributed by atoms with Crippen LogP contribution in [0.5, 0.6) is 0 Å². The van der Waals surface area contributed by atoms with Crippen LogP contribution in [-0.2, 0) is 6.54 Å². The number of aliphatic hydroxyl groups excluding tert-OH is 1. The van der Waals surface area contributed by atoms with Crippen LogP contribution < -0.4 is 5.32 Å². The van der Waals surface area contributed by atoms with Crippen LogP contribution in [0.3, 0.4) is 0 Å². The van der Waals surface area contributed by atoms with Crippen LogP contribution in [0, 0.1) is 21.3 Å². The van der Waals surface area contributed by atoms with Crippen LogP contribution >= 0.6 is 0 Å². The molecule has 0 saturated carbocycles. The Morgan fingerprint density at radius 1 is 1.45 bits per heavy atom.